The van der Waals surface area contributed by atoms with Crippen LogP contribution in [-0.4, -0.2) is 29.2 Å². The van der Waals surface area contributed by atoms with Crippen LogP contribution in [0.15, 0.2) is 30.6 Å². The van der Waals surface area contributed by atoms with Gasteiger partial charge in [-0.3, -0.25) is 4.79 Å². The molecule has 2 aromatic rings. The van der Waals surface area contributed by atoms with E-state index in [1.165, 1.54) is 5.56 Å². The number of ether oxygens (including phenoxy) is 2. The molecule has 1 aromatic heterocycles. The van der Waals surface area contributed by atoms with E-state index >= 15 is 0 Å². The highest BCUT2D eigenvalue weighted by atomic mass is 16.5. The molecule has 0 amide bonds. The van der Waals surface area contributed by atoms with Crippen molar-refractivity contribution < 1.29 is 14.3 Å². The van der Waals surface area contributed by atoms with Crippen molar-refractivity contribution in [2.45, 2.75) is 39.0 Å². The molecule has 3 rings (SSSR count). The fourth-order valence-electron chi connectivity index (χ4n) is 2.81. The third-order valence-corrected chi connectivity index (χ3v) is 4.36. The van der Waals surface area contributed by atoms with Crippen LogP contribution in [0.2, 0.25) is 0 Å². The molecular weight excluding hydrogens is 328 g/mol. The summed E-state index contributed by atoms with van der Waals surface area (Å²) >= 11 is 0. The van der Waals surface area contributed by atoms with Gasteiger partial charge < -0.3 is 9.47 Å². The van der Waals surface area contributed by atoms with Crippen molar-refractivity contribution in [1.29, 1.82) is 0 Å². The maximum Gasteiger partial charge on any atom is 0.313 e. The number of esters is 1. The first-order chi connectivity index (χ1) is 12.5. The quantitative estimate of drug-likeness (QED) is 0.629. The highest BCUT2D eigenvalue weighted by Crippen LogP contribution is 2.38. The summed E-state index contributed by atoms with van der Waals surface area (Å²) in [4.78, 5) is 19.8. The second kappa shape index (κ2) is 7.57. The fraction of sp³-hybridized carbons (Fsp3) is 0.381. The minimum Gasteiger partial charge on any atom is -0.493 e. The van der Waals surface area contributed by atoms with Gasteiger partial charge in [0.15, 0.2) is 0 Å². The molecule has 0 spiro atoms. The summed E-state index contributed by atoms with van der Waals surface area (Å²) in [5.41, 5.74) is 2.91. The van der Waals surface area contributed by atoms with Crippen LogP contribution in [-0.2, 0) is 21.4 Å². The third-order valence-electron chi connectivity index (χ3n) is 4.36. The molecule has 134 valence electrons. The molecule has 5 heteroatoms. The third kappa shape index (κ3) is 4.20. The predicted molar refractivity (Wildman–Crippen MR) is 97.9 cm³/mol. The van der Waals surface area contributed by atoms with E-state index in [0.717, 1.165) is 24.3 Å². The fourth-order valence-corrected chi connectivity index (χ4v) is 2.81. The lowest BCUT2D eigenvalue weighted by atomic mass is 9.79. The monoisotopic (exact) mass is 350 g/mol. The smallest absolute Gasteiger partial charge is 0.313 e. The Labute approximate surface area is 153 Å². The van der Waals surface area contributed by atoms with Gasteiger partial charge in [-0.1, -0.05) is 25.7 Å². The largest absolute Gasteiger partial charge is 0.493 e. The van der Waals surface area contributed by atoms with Gasteiger partial charge in [0.1, 0.15) is 18.0 Å². The lowest BCUT2D eigenvalue weighted by Crippen LogP contribution is -2.26. The standard InChI is InChI=1S/C21H22N2O3/c1-4-25-20(24)12-19-22-13-16(14-23-19)6-5-15-7-8-18-17(11-15)21(2,3)9-10-26-18/h7-8,11,13-14H,4,9-10,12H2,1-3H3. The van der Waals surface area contributed by atoms with E-state index in [1.807, 2.05) is 12.1 Å². The molecule has 1 aliphatic rings. The Morgan fingerprint density at radius 2 is 1.96 bits per heavy atom. The molecule has 26 heavy (non-hydrogen) atoms. The van der Waals surface area contributed by atoms with E-state index < -0.39 is 0 Å². The number of benzene rings is 1. The lowest BCUT2D eigenvalue weighted by Gasteiger charge is -2.32. The maximum absolute atomic E-state index is 11.4. The van der Waals surface area contributed by atoms with Crippen LogP contribution >= 0.6 is 0 Å². The Morgan fingerprint density at radius 3 is 2.69 bits per heavy atom. The van der Waals surface area contributed by atoms with E-state index in [9.17, 15) is 4.79 Å². The van der Waals surface area contributed by atoms with Gasteiger partial charge in [0.25, 0.3) is 0 Å². The molecule has 0 atom stereocenters. The summed E-state index contributed by atoms with van der Waals surface area (Å²) in [5.74, 6) is 7.27. The van der Waals surface area contributed by atoms with Crippen molar-refractivity contribution in [3.05, 3.63) is 53.1 Å². The minimum atomic E-state index is -0.328. The van der Waals surface area contributed by atoms with Crippen molar-refractivity contribution in [3.8, 4) is 17.6 Å². The second-order valence-corrected chi connectivity index (χ2v) is 6.81. The molecule has 1 aliphatic heterocycles. The average Bonchev–Trinajstić information content (AvgIpc) is 2.61. The van der Waals surface area contributed by atoms with Crippen LogP contribution in [0.25, 0.3) is 0 Å². The molecule has 0 fully saturated rings. The molecule has 1 aromatic carbocycles. The molecule has 0 N–H and O–H groups in total. The number of hydrogen-bond donors (Lipinski definition) is 0. The van der Waals surface area contributed by atoms with Crippen LogP contribution < -0.4 is 4.74 Å². The summed E-state index contributed by atoms with van der Waals surface area (Å²) in [7, 11) is 0. The Hall–Kier alpha value is -2.87. The number of carbonyl (C=O) groups excluding carboxylic acids is 1. The number of hydrogen-bond acceptors (Lipinski definition) is 5. The van der Waals surface area contributed by atoms with Crippen LogP contribution in [0.4, 0.5) is 0 Å². The highest BCUT2D eigenvalue weighted by molar-refractivity contribution is 5.71. The first-order valence-corrected chi connectivity index (χ1v) is 8.74. The average molecular weight is 350 g/mol. The van der Waals surface area contributed by atoms with E-state index in [4.69, 9.17) is 9.47 Å². The molecule has 5 nitrogen and oxygen atoms in total. The first kappa shape index (κ1) is 17.9. The SMILES string of the molecule is CCOC(=O)Cc1ncc(C#Cc2ccc3c(c2)C(C)(C)CCO3)cn1. The first-order valence-electron chi connectivity index (χ1n) is 8.74. The van der Waals surface area contributed by atoms with Gasteiger partial charge >= 0.3 is 5.97 Å². The molecular formula is C21H22N2O3. The van der Waals surface area contributed by atoms with E-state index in [2.05, 4.69) is 41.7 Å². The van der Waals surface area contributed by atoms with Gasteiger partial charge in [-0.15, -0.1) is 0 Å². The van der Waals surface area contributed by atoms with Crippen LogP contribution in [0.5, 0.6) is 5.75 Å². The minimum absolute atomic E-state index is 0.0709. The Bertz CT molecular complexity index is 861. The van der Waals surface area contributed by atoms with Crippen LogP contribution in [0, 0.1) is 11.8 Å². The van der Waals surface area contributed by atoms with E-state index in [1.54, 1.807) is 19.3 Å². The zero-order valence-electron chi connectivity index (χ0n) is 15.3. The van der Waals surface area contributed by atoms with Gasteiger partial charge in [-0.2, -0.15) is 0 Å². The molecule has 0 radical (unpaired) electrons. The Morgan fingerprint density at radius 1 is 1.23 bits per heavy atom. The molecule has 0 aliphatic carbocycles. The number of carbonyl (C=O) groups is 1. The number of rotatable bonds is 3. The molecule has 2 heterocycles. The van der Waals surface area contributed by atoms with Crippen molar-refractivity contribution in [2.75, 3.05) is 13.2 Å². The summed E-state index contributed by atoms with van der Waals surface area (Å²) in [6.45, 7) is 7.32. The predicted octanol–water partition coefficient (Wildman–Crippen LogP) is 3.04. The van der Waals surface area contributed by atoms with Crippen molar-refractivity contribution in [2.24, 2.45) is 0 Å². The summed E-state index contributed by atoms with van der Waals surface area (Å²) < 4.78 is 10.6. The Balaban J connectivity index is 1.75. The summed E-state index contributed by atoms with van der Waals surface area (Å²) in [6.07, 6.45) is 4.31. The van der Waals surface area contributed by atoms with Gasteiger partial charge in [0, 0.05) is 23.5 Å². The maximum atomic E-state index is 11.4. The number of aromatic nitrogens is 2. The topological polar surface area (TPSA) is 61.3 Å². The van der Waals surface area contributed by atoms with E-state index in [0.29, 0.717) is 18.0 Å². The van der Waals surface area contributed by atoms with Crippen molar-refractivity contribution in [1.82, 2.24) is 9.97 Å². The second-order valence-electron chi connectivity index (χ2n) is 6.81. The molecule has 0 bridgehead atoms. The summed E-state index contributed by atoms with van der Waals surface area (Å²) in [5, 5.41) is 0. The normalized spacial score (nSPS) is 14.4. The van der Waals surface area contributed by atoms with Crippen molar-refractivity contribution >= 4 is 5.97 Å². The van der Waals surface area contributed by atoms with Gasteiger partial charge in [0.05, 0.1) is 18.8 Å². The number of fused-ring (bicyclic) bond motifs is 1. The van der Waals surface area contributed by atoms with E-state index in [-0.39, 0.29) is 17.8 Å². The van der Waals surface area contributed by atoms with Crippen LogP contribution in [0.1, 0.15) is 49.7 Å². The zero-order valence-corrected chi connectivity index (χ0v) is 15.3. The zero-order chi connectivity index (χ0) is 18.6. The Kier molecular flexibility index (Phi) is 5.22. The van der Waals surface area contributed by atoms with Gasteiger partial charge in [-0.05, 0) is 37.0 Å². The summed E-state index contributed by atoms with van der Waals surface area (Å²) in [6, 6.07) is 6.04. The van der Waals surface area contributed by atoms with Gasteiger partial charge in [0.2, 0.25) is 0 Å². The van der Waals surface area contributed by atoms with Gasteiger partial charge in [-0.25, -0.2) is 9.97 Å². The van der Waals surface area contributed by atoms with Crippen LogP contribution in [0.3, 0.4) is 0 Å². The number of nitrogens with zero attached hydrogens (tertiary/aromatic N) is 2. The molecule has 0 saturated carbocycles. The molecule has 0 saturated heterocycles. The van der Waals surface area contributed by atoms with Crippen molar-refractivity contribution in [3.63, 3.8) is 0 Å². The molecule has 0 unspecified atom stereocenters. The lowest BCUT2D eigenvalue weighted by molar-refractivity contribution is -0.142. The highest BCUT2D eigenvalue weighted by Gasteiger charge is 2.28.